The highest BCUT2D eigenvalue weighted by molar-refractivity contribution is 5.96. The Labute approximate surface area is 125 Å². The van der Waals surface area contributed by atoms with Crippen molar-refractivity contribution in [1.29, 1.82) is 0 Å². The molecule has 0 radical (unpaired) electrons. The van der Waals surface area contributed by atoms with E-state index in [9.17, 15) is 4.79 Å². The summed E-state index contributed by atoms with van der Waals surface area (Å²) in [7, 11) is 0. The summed E-state index contributed by atoms with van der Waals surface area (Å²) in [5.74, 6) is 0.0786. The lowest BCUT2D eigenvalue weighted by Crippen LogP contribution is -2.42. The Morgan fingerprint density at radius 3 is 2.62 bits per heavy atom. The second kappa shape index (κ2) is 6.10. The molecule has 0 aliphatic carbocycles. The van der Waals surface area contributed by atoms with E-state index in [1.807, 2.05) is 35.2 Å². The molecule has 2 aromatic carbocycles. The van der Waals surface area contributed by atoms with Crippen molar-refractivity contribution in [3.8, 4) is 0 Å². The van der Waals surface area contributed by atoms with Gasteiger partial charge in [0.2, 0.25) is 5.91 Å². The van der Waals surface area contributed by atoms with Gasteiger partial charge in [-0.1, -0.05) is 42.5 Å². The molecule has 0 unspecified atom stereocenters. The molecule has 0 atom stereocenters. The van der Waals surface area contributed by atoms with E-state index >= 15 is 0 Å². The normalized spacial score (nSPS) is 16.7. The third-order valence-electron chi connectivity index (χ3n) is 4.08. The molecule has 1 saturated heterocycles. The third kappa shape index (κ3) is 3.14. The number of likely N-dealkylation sites (tertiary alicyclic amines) is 1. The van der Waals surface area contributed by atoms with Crippen LogP contribution >= 0.6 is 0 Å². The number of fused-ring (bicyclic) bond motifs is 1. The van der Waals surface area contributed by atoms with Crippen molar-refractivity contribution in [3.05, 3.63) is 54.1 Å². The van der Waals surface area contributed by atoms with Crippen LogP contribution in [0.1, 0.15) is 18.4 Å². The summed E-state index contributed by atoms with van der Waals surface area (Å²) in [4.78, 5) is 14.1. The first kappa shape index (κ1) is 13.8. The van der Waals surface area contributed by atoms with Crippen LogP contribution in [0.3, 0.4) is 0 Å². The zero-order chi connectivity index (χ0) is 14.7. The van der Waals surface area contributed by atoms with Gasteiger partial charge in [0.1, 0.15) is 0 Å². The highest BCUT2D eigenvalue weighted by atomic mass is 16.2. The van der Waals surface area contributed by atoms with Crippen LogP contribution in [0.4, 0.5) is 0 Å². The number of carbonyl (C=O) groups excluding carboxylic acids is 1. The molecule has 3 rings (SSSR count). The minimum atomic E-state index is 0.0786. The fraction of sp³-hybridized carbons (Fsp3) is 0.278. The molecule has 108 valence electrons. The summed E-state index contributed by atoms with van der Waals surface area (Å²) in [5.41, 5.74) is 6.95. The summed E-state index contributed by atoms with van der Waals surface area (Å²) in [6.45, 7) is 1.53. The Bertz CT molecular complexity index is 664. The highest BCUT2D eigenvalue weighted by Crippen LogP contribution is 2.19. The summed E-state index contributed by atoms with van der Waals surface area (Å²) < 4.78 is 0. The molecule has 21 heavy (non-hydrogen) atoms. The second-order valence-electron chi connectivity index (χ2n) is 5.56. The zero-order valence-electron chi connectivity index (χ0n) is 12.0. The molecule has 3 heteroatoms. The monoisotopic (exact) mass is 280 g/mol. The summed E-state index contributed by atoms with van der Waals surface area (Å²) in [5, 5.41) is 2.36. The number of hydrogen-bond donors (Lipinski definition) is 1. The topological polar surface area (TPSA) is 46.3 Å². The highest BCUT2D eigenvalue weighted by Gasteiger charge is 2.18. The number of nitrogens with zero attached hydrogens (tertiary/aromatic N) is 1. The first-order valence-electron chi connectivity index (χ1n) is 7.44. The smallest absolute Gasteiger partial charge is 0.246 e. The van der Waals surface area contributed by atoms with Crippen molar-refractivity contribution in [2.75, 3.05) is 13.1 Å². The van der Waals surface area contributed by atoms with Crippen LogP contribution < -0.4 is 5.73 Å². The maximum atomic E-state index is 12.2. The van der Waals surface area contributed by atoms with E-state index in [0.29, 0.717) is 0 Å². The summed E-state index contributed by atoms with van der Waals surface area (Å²) in [6.07, 6.45) is 5.39. The number of piperidine rings is 1. The molecule has 1 amide bonds. The van der Waals surface area contributed by atoms with Gasteiger partial charge >= 0.3 is 0 Å². The molecule has 3 nitrogen and oxygen atoms in total. The van der Waals surface area contributed by atoms with E-state index in [1.54, 1.807) is 6.08 Å². The maximum Gasteiger partial charge on any atom is 0.246 e. The first-order valence-corrected chi connectivity index (χ1v) is 7.44. The average Bonchev–Trinajstić information content (AvgIpc) is 2.53. The van der Waals surface area contributed by atoms with Gasteiger partial charge in [-0.15, -0.1) is 0 Å². The number of nitrogens with two attached hydrogens (primary N) is 1. The van der Waals surface area contributed by atoms with Crippen molar-refractivity contribution in [2.24, 2.45) is 5.73 Å². The van der Waals surface area contributed by atoms with E-state index in [2.05, 4.69) is 18.2 Å². The number of carbonyl (C=O) groups is 1. The fourth-order valence-electron chi connectivity index (χ4n) is 2.78. The lowest BCUT2D eigenvalue weighted by atomic mass is 10.0. The van der Waals surface area contributed by atoms with E-state index in [4.69, 9.17) is 5.73 Å². The number of hydrogen-bond acceptors (Lipinski definition) is 2. The van der Waals surface area contributed by atoms with Crippen LogP contribution in [0.15, 0.2) is 48.5 Å². The van der Waals surface area contributed by atoms with Crippen LogP contribution in [-0.2, 0) is 4.79 Å². The predicted octanol–water partition coefficient (Wildman–Crippen LogP) is 2.80. The molecule has 2 aromatic rings. The predicted molar refractivity (Wildman–Crippen MR) is 86.8 cm³/mol. The van der Waals surface area contributed by atoms with E-state index in [0.717, 1.165) is 31.5 Å². The minimum Gasteiger partial charge on any atom is -0.339 e. The van der Waals surface area contributed by atoms with Crippen LogP contribution in [0.25, 0.3) is 16.8 Å². The molecular weight excluding hydrogens is 260 g/mol. The standard InChI is InChI=1S/C18H20N2O/c19-16-10-12-20(13-11-16)18(21)9-8-15-6-3-5-14-4-1-2-7-17(14)15/h1-9,16H,10-13,19H2/b9-8+. The average molecular weight is 280 g/mol. The van der Waals surface area contributed by atoms with Gasteiger partial charge in [-0.3, -0.25) is 4.79 Å². The molecule has 0 bridgehead atoms. The Kier molecular flexibility index (Phi) is 4.02. The van der Waals surface area contributed by atoms with Crippen molar-refractivity contribution >= 4 is 22.8 Å². The first-order chi connectivity index (χ1) is 10.2. The Hall–Kier alpha value is -2.13. The lowest BCUT2D eigenvalue weighted by molar-refractivity contribution is -0.126. The zero-order valence-corrected chi connectivity index (χ0v) is 12.0. The van der Waals surface area contributed by atoms with Gasteiger partial charge in [0.15, 0.2) is 0 Å². The van der Waals surface area contributed by atoms with Crippen LogP contribution in [0, 0.1) is 0 Å². The molecule has 0 spiro atoms. The van der Waals surface area contributed by atoms with E-state index in [-0.39, 0.29) is 11.9 Å². The summed E-state index contributed by atoms with van der Waals surface area (Å²) in [6, 6.07) is 14.6. The van der Waals surface area contributed by atoms with Gasteiger partial charge in [-0.25, -0.2) is 0 Å². The van der Waals surface area contributed by atoms with Crippen LogP contribution in [0.2, 0.25) is 0 Å². The van der Waals surface area contributed by atoms with E-state index in [1.165, 1.54) is 10.8 Å². The Morgan fingerprint density at radius 1 is 1.10 bits per heavy atom. The van der Waals surface area contributed by atoms with Crippen molar-refractivity contribution in [3.63, 3.8) is 0 Å². The minimum absolute atomic E-state index is 0.0786. The lowest BCUT2D eigenvalue weighted by Gasteiger charge is -2.29. The molecule has 1 fully saturated rings. The van der Waals surface area contributed by atoms with Gasteiger partial charge in [-0.2, -0.15) is 0 Å². The second-order valence-corrected chi connectivity index (χ2v) is 5.56. The molecular formula is C18H20N2O. The third-order valence-corrected chi connectivity index (χ3v) is 4.08. The van der Waals surface area contributed by atoms with Crippen molar-refractivity contribution < 1.29 is 4.79 Å². The molecule has 1 heterocycles. The van der Waals surface area contributed by atoms with Gasteiger partial charge in [0.05, 0.1) is 0 Å². The summed E-state index contributed by atoms with van der Waals surface area (Å²) >= 11 is 0. The molecule has 1 aliphatic rings. The molecule has 0 saturated carbocycles. The van der Waals surface area contributed by atoms with Crippen LogP contribution in [-0.4, -0.2) is 29.9 Å². The van der Waals surface area contributed by atoms with Crippen LogP contribution in [0.5, 0.6) is 0 Å². The van der Waals surface area contributed by atoms with Crippen molar-refractivity contribution in [1.82, 2.24) is 4.90 Å². The number of amides is 1. The molecule has 1 aliphatic heterocycles. The molecule has 2 N–H and O–H groups in total. The maximum absolute atomic E-state index is 12.2. The van der Waals surface area contributed by atoms with Crippen molar-refractivity contribution in [2.45, 2.75) is 18.9 Å². The van der Waals surface area contributed by atoms with Gasteiger partial charge < -0.3 is 10.6 Å². The van der Waals surface area contributed by atoms with E-state index < -0.39 is 0 Å². The molecule has 0 aromatic heterocycles. The SMILES string of the molecule is NC1CCN(C(=O)/C=C/c2cccc3ccccc23)CC1. The number of benzene rings is 2. The largest absolute Gasteiger partial charge is 0.339 e. The Balaban J connectivity index is 1.77. The fourth-order valence-corrected chi connectivity index (χ4v) is 2.78. The quantitative estimate of drug-likeness (QED) is 0.860. The van der Waals surface area contributed by atoms with Gasteiger partial charge in [0, 0.05) is 25.2 Å². The number of rotatable bonds is 2. The van der Waals surface area contributed by atoms with Gasteiger partial charge in [0.25, 0.3) is 0 Å². The van der Waals surface area contributed by atoms with Gasteiger partial charge in [-0.05, 0) is 35.3 Å². The Morgan fingerprint density at radius 2 is 1.81 bits per heavy atom.